The van der Waals surface area contributed by atoms with Crippen LogP contribution in [-0.2, 0) is 4.74 Å². The molecule has 1 heterocycles. The van der Waals surface area contributed by atoms with Crippen LogP contribution in [0.2, 0.25) is 0 Å². The van der Waals surface area contributed by atoms with Crippen LogP contribution in [0.1, 0.15) is 31.3 Å². The van der Waals surface area contributed by atoms with Crippen LogP contribution >= 0.6 is 0 Å². The van der Waals surface area contributed by atoms with Crippen molar-refractivity contribution in [2.75, 3.05) is 6.61 Å². The Labute approximate surface area is 118 Å². The highest BCUT2D eigenvalue weighted by Crippen LogP contribution is 2.18. The van der Waals surface area contributed by atoms with Gasteiger partial charge in [0.1, 0.15) is 12.1 Å². The molecule has 0 spiro atoms. The molecule has 5 heteroatoms. The van der Waals surface area contributed by atoms with Gasteiger partial charge in [0.05, 0.1) is 18.4 Å². The van der Waals surface area contributed by atoms with Crippen molar-refractivity contribution in [3.05, 3.63) is 42.5 Å². The quantitative estimate of drug-likeness (QED) is 0.787. The molecule has 0 aliphatic carbocycles. The molecule has 0 bridgehead atoms. The van der Waals surface area contributed by atoms with Gasteiger partial charge in [-0.3, -0.25) is 0 Å². The summed E-state index contributed by atoms with van der Waals surface area (Å²) in [4.78, 5) is 15.6. The monoisotopic (exact) mass is 274 g/mol. The Bertz CT molecular complexity index is 590. The molecular formula is C15H18N2O3. The molecule has 0 atom stereocenters. The smallest absolute Gasteiger partial charge is 0.358 e. The fourth-order valence-electron chi connectivity index (χ4n) is 1.76. The Morgan fingerprint density at radius 1 is 1.40 bits per heavy atom. The average molecular weight is 274 g/mol. The molecule has 0 radical (unpaired) electrons. The van der Waals surface area contributed by atoms with E-state index in [-0.39, 0.29) is 6.10 Å². The van der Waals surface area contributed by atoms with Gasteiger partial charge < -0.3 is 14.0 Å². The summed E-state index contributed by atoms with van der Waals surface area (Å²) in [6.07, 6.45) is 3.34. The zero-order chi connectivity index (χ0) is 14.5. The van der Waals surface area contributed by atoms with Crippen molar-refractivity contribution in [1.29, 1.82) is 0 Å². The third kappa shape index (κ3) is 3.38. The molecule has 0 saturated heterocycles. The van der Waals surface area contributed by atoms with Crippen molar-refractivity contribution in [2.24, 2.45) is 0 Å². The molecule has 0 unspecified atom stereocenters. The van der Waals surface area contributed by atoms with Crippen molar-refractivity contribution in [1.82, 2.24) is 9.55 Å². The minimum absolute atomic E-state index is 0.114. The van der Waals surface area contributed by atoms with Crippen LogP contribution < -0.4 is 4.74 Å². The molecule has 0 saturated carbocycles. The van der Waals surface area contributed by atoms with Gasteiger partial charge in [-0.2, -0.15) is 0 Å². The zero-order valence-electron chi connectivity index (χ0n) is 11.9. The molecule has 1 aromatic carbocycles. The van der Waals surface area contributed by atoms with E-state index in [1.807, 2.05) is 38.1 Å². The Morgan fingerprint density at radius 3 is 2.90 bits per heavy atom. The third-order valence-corrected chi connectivity index (χ3v) is 2.55. The number of imidazole rings is 1. The van der Waals surface area contributed by atoms with Gasteiger partial charge >= 0.3 is 5.97 Å². The van der Waals surface area contributed by atoms with E-state index < -0.39 is 5.97 Å². The fraction of sp³-hybridized carbons (Fsp3) is 0.333. The molecule has 0 aliphatic heterocycles. The van der Waals surface area contributed by atoms with Gasteiger partial charge in [0, 0.05) is 12.3 Å². The lowest BCUT2D eigenvalue weighted by molar-refractivity contribution is 0.0520. The lowest BCUT2D eigenvalue weighted by Crippen LogP contribution is -2.06. The first-order valence-corrected chi connectivity index (χ1v) is 6.58. The standard InChI is InChI=1S/C15H18N2O3/c1-4-19-15(18)14-9-17(10-16-14)12-6-5-7-13(8-12)20-11(2)3/h5-11H,4H2,1-3H3. The van der Waals surface area contributed by atoms with E-state index >= 15 is 0 Å². The van der Waals surface area contributed by atoms with Crippen molar-refractivity contribution >= 4 is 5.97 Å². The number of hydrogen-bond acceptors (Lipinski definition) is 4. The highest BCUT2D eigenvalue weighted by Gasteiger charge is 2.11. The van der Waals surface area contributed by atoms with Gasteiger partial charge in [-0.1, -0.05) is 6.07 Å². The van der Waals surface area contributed by atoms with Gasteiger partial charge in [0.2, 0.25) is 0 Å². The van der Waals surface area contributed by atoms with Gasteiger partial charge in [-0.05, 0) is 32.9 Å². The molecular weight excluding hydrogens is 256 g/mol. The summed E-state index contributed by atoms with van der Waals surface area (Å²) in [7, 11) is 0. The molecule has 5 nitrogen and oxygen atoms in total. The van der Waals surface area contributed by atoms with E-state index in [2.05, 4.69) is 4.98 Å². The summed E-state index contributed by atoms with van der Waals surface area (Å²) < 4.78 is 12.3. The van der Waals surface area contributed by atoms with Crippen molar-refractivity contribution in [3.8, 4) is 11.4 Å². The van der Waals surface area contributed by atoms with Gasteiger partial charge in [0.15, 0.2) is 5.69 Å². The van der Waals surface area contributed by atoms with E-state index in [0.29, 0.717) is 12.3 Å². The number of rotatable bonds is 5. The van der Waals surface area contributed by atoms with Gasteiger partial charge in [-0.25, -0.2) is 9.78 Å². The summed E-state index contributed by atoms with van der Waals surface area (Å²) in [6, 6.07) is 7.62. The molecule has 0 N–H and O–H groups in total. The fourth-order valence-corrected chi connectivity index (χ4v) is 1.76. The van der Waals surface area contributed by atoms with E-state index in [1.165, 1.54) is 0 Å². The molecule has 2 rings (SSSR count). The second kappa shape index (κ2) is 6.23. The SMILES string of the molecule is CCOC(=O)c1cn(-c2cccc(OC(C)C)c2)cn1. The molecule has 2 aromatic rings. The maximum Gasteiger partial charge on any atom is 0.358 e. The van der Waals surface area contributed by atoms with Gasteiger partial charge in [0.25, 0.3) is 0 Å². The van der Waals surface area contributed by atoms with Crippen LogP contribution in [0.15, 0.2) is 36.8 Å². The normalized spacial score (nSPS) is 10.6. The zero-order valence-corrected chi connectivity index (χ0v) is 11.9. The number of ether oxygens (including phenoxy) is 2. The van der Waals surface area contributed by atoms with Crippen molar-refractivity contribution in [3.63, 3.8) is 0 Å². The predicted octanol–water partition coefficient (Wildman–Crippen LogP) is 2.84. The summed E-state index contributed by atoms with van der Waals surface area (Å²) in [6.45, 7) is 6.05. The van der Waals surface area contributed by atoms with Gasteiger partial charge in [-0.15, -0.1) is 0 Å². The number of aromatic nitrogens is 2. The summed E-state index contributed by atoms with van der Waals surface area (Å²) >= 11 is 0. The van der Waals surface area contributed by atoms with Crippen LogP contribution in [0, 0.1) is 0 Å². The minimum atomic E-state index is -0.416. The summed E-state index contributed by atoms with van der Waals surface area (Å²) in [5, 5.41) is 0. The number of nitrogens with zero attached hydrogens (tertiary/aromatic N) is 2. The summed E-state index contributed by atoms with van der Waals surface area (Å²) in [5.41, 5.74) is 1.17. The summed E-state index contributed by atoms with van der Waals surface area (Å²) in [5.74, 6) is 0.365. The Balaban J connectivity index is 2.21. The van der Waals surface area contributed by atoms with E-state index in [1.54, 1.807) is 24.0 Å². The van der Waals surface area contributed by atoms with E-state index in [0.717, 1.165) is 11.4 Å². The first-order valence-electron chi connectivity index (χ1n) is 6.58. The molecule has 1 aromatic heterocycles. The number of carbonyl (C=O) groups is 1. The second-order valence-corrected chi connectivity index (χ2v) is 4.55. The molecule has 106 valence electrons. The first kappa shape index (κ1) is 14.1. The van der Waals surface area contributed by atoms with Crippen LogP contribution in [-0.4, -0.2) is 28.2 Å². The maximum atomic E-state index is 11.6. The minimum Gasteiger partial charge on any atom is -0.491 e. The Kier molecular flexibility index (Phi) is 4.40. The highest BCUT2D eigenvalue weighted by atomic mass is 16.5. The van der Waals surface area contributed by atoms with E-state index in [9.17, 15) is 4.79 Å². The third-order valence-electron chi connectivity index (χ3n) is 2.55. The van der Waals surface area contributed by atoms with Crippen LogP contribution in [0.25, 0.3) is 5.69 Å². The second-order valence-electron chi connectivity index (χ2n) is 4.55. The predicted molar refractivity (Wildman–Crippen MR) is 75.3 cm³/mol. The number of esters is 1. The largest absolute Gasteiger partial charge is 0.491 e. The lowest BCUT2D eigenvalue weighted by atomic mass is 10.3. The van der Waals surface area contributed by atoms with Crippen LogP contribution in [0.3, 0.4) is 0 Å². The topological polar surface area (TPSA) is 53.4 Å². The van der Waals surface area contributed by atoms with Crippen LogP contribution in [0.4, 0.5) is 0 Å². The average Bonchev–Trinajstić information content (AvgIpc) is 2.88. The molecule has 0 fully saturated rings. The maximum absolute atomic E-state index is 11.6. The van der Waals surface area contributed by atoms with Crippen molar-refractivity contribution < 1.29 is 14.3 Å². The number of hydrogen-bond donors (Lipinski definition) is 0. The highest BCUT2D eigenvalue weighted by molar-refractivity contribution is 5.87. The number of benzene rings is 1. The lowest BCUT2D eigenvalue weighted by Gasteiger charge is -2.11. The molecule has 0 amide bonds. The van der Waals surface area contributed by atoms with Crippen molar-refractivity contribution in [2.45, 2.75) is 26.9 Å². The first-order chi connectivity index (χ1) is 9.60. The Hall–Kier alpha value is -2.30. The molecule has 0 aliphatic rings. The van der Waals surface area contributed by atoms with Crippen LogP contribution in [0.5, 0.6) is 5.75 Å². The molecule has 20 heavy (non-hydrogen) atoms. The number of carbonyl (C=O) groups excluding carboxylic acids is 1. The van der Waals surface area contributed by atoms with E-state index in [4.69, 9.17) is 9.47 Å². The Morgan fingerprint density at radius 2 is 2.20 bits per heavy atom.